The van der Waals surface area contributed by atoms with Gasteiger partial charge in [-0.05, 0) is 52.8 Å². The molecule has 2 rings (SSSR count). The topological polar surface area (TPSA) is 12.0 Å². The predicted molar refractivity (Wildman–Crippen MR) is 84.1 cm³/mol. The summed E-state index contributed by atoms with van der Waals surface area (Å²) in [6.45, 7) is 0. The van der Waals surface area contributed by atoms with E-state index in [0.717, 1.165) is 0 Å². The third kappa shape index (κ3) is 3.06. The van der Waals surface area contributed by atoms with Gasteiger partial charge in [-0.25, -0.2) is 8.78 Å². The summed E-state index contributed by atoms with van der Waals surface area (Å²) in [4.78, 5) is 0. The van der Waals surface area contributed by atoms with Crippen LogP contribution in [-0.4, -0.2) is 7.05 Å². The second-order valence-electron chi connectivity index (χ2n) is 4.14. The van der Waals surface area contributed by atoms with Crippen molar-refractivity contribution in [2.75, 3.05) is 7.05 Å². The van der Waals surface area contributed by atoms with Gasteiger partial charge in [-0.1, -0.05) is 33.6 Å². The van der Waals surface area contributed by atoms with Crippen LogP contribution in [0.4, 0.5) is 8.78 Å². The first-order valence-corrected chi connectivity index (χ1v) is 7.67. The number of rotatable bonds is 3. The minimum Gasteiger partial charge on any atom is -0.309 e. The van der Waals surface area contributed by atoms with Crippen molar-refractivity contribution < 1.29 is 8.78 Å². The summed E-state index contributed by atoms with van der Waals surface area (Å²) in [5.74, 6) is -1.22. The van der Waals surface area contributed by atoms with Crippen LogP contribution in [0.15, 0.2) is 39.3 Å². The molecule has 0 fully saturated rings. The lowest BCUT2D eigenvalue weighted by molar-refractivity contribution is 0.518. The van der Waals surface area contributed by atoms with Crippen LogP contribution in [0.5, 0.6) is 0 Å². The van der Waals surface area contributed by atoms with Crippen LogP contribution in [0.25, 0.3) is 0 Å². The Hall–Kier alpha value is -0.490. The zero-order valence-corrected chi connectivity index (χ0v) is 14.3. The molecule has 0 aromatic heterocycles. The summed E-state index contributed by atoms with van der Waals surface area (Å²) in [5.41, 5.74) is 0.665. The van der Waals surface area contributed by atoms with Gasteiger partial charge in [-0.3, -0.25) is 0 Å². The second kappa shape index (κ2) is 6.52. The molecule has 1 N–H and O–H groups in total. The molecule has 0 saturated heterocycles. The number of halogens is 5. The SMILES string of the molecule is CNC(c1ccc(Cl)cc1Br)c1c(F)ccc(Br)c1F. The van der Waals surface area contributed by atoms with E-state index < -0.39 is 17.7 Å². The highest BCUT2D eigenvalue weighted by Crippen LogP contribution is 2.34. The van der Waals surface area contributed by atoms with Gasteiger partial charge in [0, 0.05) is 15.1 Å². The smallest absolute Gasteiger partial charge is 0.145 e. The molecule has 1 atom stereocenters. The Morgan fingerprint density at radius 2 is 1.80 bits per heavy atom. The Balaban J connectivity index is 2.61. The molecular formula is C14H10Br2ClF2N. The second-order valence-corrected chi connectivity index (χ2v) is 6.29. The number of nitrogens with one attached hydrogen (secondary N) is 1. The summed E-state index contributed by atoms with van der Waals surface area (Å²) in [6.07, 6.45) is 0. The molecule has 6 heteroatoms. The van der Waals surface area contributed by atoms with Crippen molar-refractivity contribution in [3.8, 4) is 0 Å². The molecule has 0 aliphatic rings. The molecule has 0 amide bonds. The molecule has 0 spiro atoms. The van der Waals surface area contributed by atoms with E-state index in [9.17, 15) is 8.78 Å². The molecule has 0 bridgehead atoms. The van der Waals surface area contributed by atoms with Crippen LogP contribution in [0.3, 0.4) is 0 Å². The first-order chi connectivity index (χ1) is 9.45. The fraction of sp³-hybridized carbons (Fsp3) is 0.143. The van der Waals surface area contributed by atoms with Crippen molar-refractivity contribution in [2.45, 2.75) is 6.04 Å². The van der Waals surface area contributed by atoms with Crippen LogP contribution in [-0.2, 0) is 0 Å². The minimum absolute atomic E-state index is 0.0371. The third-order valence-electron chi connectivity index (χ3n) is 2.93. The molecule has 2 aromatic carbocycles. The first-order valence-electron chi connectivity index (χ1n) is 5.71. The fourth-order valence-electron chi connectivity index (χ4n) is 2.00. The number of benzene rings is 2. The molecule has 0 heterocycles. The van der Waals surface area contributed by atoms with E-state index in [1.54, 1.807) is 25.2 Å². The fourth-order valence-corrected chi connectivity index (χ4v) is 3.26. The van der Waals surface area contributed by atoms with Crippen molar-refractivity contribution in [3.05, 3.63) is 67.1 Å². The zero-order valence-electron chi connectivity index (χ0n) is 10.4. The Kier molecular flexibility index (Phi) is 5.18. The first kappa shape index (κ1) is 15.9. The van der Waals surface area contributed by atoms with E-state index in [4.69, 9.17) is 11.6 Å². The van der Waals surface area contributed by atoms with Crippen LogP contribution in [0.2, 0.25) is 5.02 Å². The molecule has 0 saturated carbocycles. The largest absolute Gasteiger partial charge is 0.309 e. The van der Waals surface area contributed by atoms with E-state index >= 15 is 0 Å². The summed E-state index contributed by atoms with van der Waals surface area (Å²) in [5, 5.41) is 3.48. The molecule has 20 heavy (non-hydrogen) atoms. The lowest BCUT2D eigenvalue weighted by Crippen LogP contribution is -2.21. The summed E-state index contributed by atoms with van der Waals surface area (Å²) >= 11 is 12.3. The van der Waals surface area contributed by atoms with Gasteiger partial charge in [0.2, 0.25) is 0 Å². The molecular weight excluding hydrogens is 415 g/mol. The van der Waals surface area contributed by atoms with Crippen LogP contribution in [0.1, 0.15) is 17.2 Å². The van der Waals surface area contributed by atoms with Gasteiger partial charge < -0.3 is 5.32 Å². The maximum atomic E-state index is 14.2. The van der Waals surface area contributed by atoms with Crippen LogP contribution in [0, 0.1) is 11.6 Å². The molecule has 0 radical (unpaired) electrons. The average molecular weight is 425 g/mol. The van der Waals surface area contributed by atoms with Gasteiger partial charge >= 0.3 is 0 Å². The van der Waals surface area contributed by atoms with Crippen LogP contribution < -0.4 is 5.32 Å². The Labute approximate surface area is 137 Å². The van der Waals surface area contributed by atoms with Crippen molar-refractivity contribution in [1.82, 2.24) is 5.32 Å². The highest BCUT2D eigenvalue weighted by Gasteiger charge is 2.24. The lowest BCUT2D eigenvalue weighted by atomic mass is 9.98. The van der Waals surface area contributed by atoms with Gasteiger partial charge in [0.15, 0.2) is 0 Å². The van der Waals surface area contributed by atoms with Crippen molar-refractivity contribution >= 4 is 43.5 Å². The van der Waals surface area contributed by atoms with Crippen molar-refractivity contribution in [1.29, 1.82) is 0 Å². The molecule has 1 nitrogen and oxygen atoms in total. The Bertz CT molecular complexity index is 649. The highest BCUT2D eigenvalue weighted by atomic mass is 79.9. The lowest BCUT2D eigenvalue weighted by Gasteiger charge is -2.20. The Morgan fingerprint density at radius 3 is 2.40 bits per heavy atom. The summed E-state index contributed by atoms with van der Waals surface area (Å²) in [6, 6.07) is 7.05. The number of hydrogen-bond acceptors (Lipinski definition) is 1. The van der Waals surface area contributed by atoms with Crippen molar-refractivity contribution in [2.24, 2.45) is 0 Å². The van der Waals surface area contributed by atoms with Crippen molar-refractivity contribution in [3.63, 3.8) is 0 Å². The van der Waals surface area contributed by atoms with E-state index in [1.807, 2.05) is 0 Å². The van der Waals surface area contributed by atoms with E-state index in [1.165, 1.54) is 12.1 Å². The molecule has 1 unspecified atom stereocenters. The highest BCUT2D eigenvalue weighted by molar-refractivity contribution is 9.10. The molecule has 2 aromatic rings. The average Bonchev–Trinajstić information content (AvgIpc) is 2.40. The van der Waals surface area contributed by atoms with Gasteiger partial charge in [-0.2, -0.15) is 0 Å². The van der Waals surface area contributed by atoms with Crippen LogP contribution >= 0.6 is 43.5 Å². The van der Waals surface area contributed by atoms with Gasteiger partial charge in [-0.15, -0.1) is 0 Å². The monoisotopic (exact) mass is 423 g/mol. The van der Waals surface area contributed by atoms with Gasteiger partial charge in [0.1, 0.15) is 11.6 Å². The van der Waals surface area contributed by atoms with E-state index in [-0.39, 0.29) is 10.0 Å². The Morgan fingerprint density at radius 1 is 1.10 bits per heavy atom. The number of hydrogen-bond donors (Lipinski definition) is 1. The quantitative estimate of drug-likeness (QED) is 0.645. The summed E-state index contributed by atoms with van der Waals surface area (Å²) in [7, 11) is 1.64. The summed E-state index contributed by atoms with van der Waals surface area (Å²) < 4.78 is 29.2. The normalized spacial score (nSPS) is 12.5. The standard InChI is InChI=1S/C14H10Br2ClF2N/c1-20-14(8-3-2-7(17)6-10(8)16)12-11(18)5-4-9(15)13(12)19/h2-6,14,20H,1H3. The molecule has 0 aliphatic heterocycles. The van der Waals surface area contributed by atoms with E-state index in [2.05, 4.69) is 37.2 Å². The maximum absolute atomic E-state index is 14.2. The van der Waals surface area contributed by atoms with E-state index in [0.29, 0.717) is 15.1 Å². The maximum Gasteiger partial charge on any atom is 0.145 e. The molecule has 106 valence electrons. The molecule has 0 aliphatic carbocycles. The zero-order chi connectivity index (χ0) is 14.9. The predicted octanol–water partition coefficient (Wildman–Crippen LogP) is 5.45. The third-order valence-corrected chi connectivity index (χ3v) is 4.46. The minimum atomic E-state index is -0.626. The van der Waals surface area contributed by atoms with Gasteiger partial charge in [0.25, 0.3) is 0 Å². The van der Waals surface area contributed by atoms with Gasteiger partial charge in [0.05, 0.1) is 10.5 Å².